The van der Waals surface area contributed by atoms with Crippen molar-refractivity contribution in [2.75, 3.05) is 6.61 Å². The van der Waals surface area contributed by atoms with Crippen molar-refractivity contribution in [1.29, 1.82) is 5.26 Å². The van der Waals surface area contributed by atoms with Gasteiger partial charge in [-0.25, -0.2) is 4.67 Å². The minimum absolute atomic E-state index is 0.165. The van der Waals surface area contributed by atoms with Crippen LogP contribution >= 0.6 is 8.53 Å². The Labute approximate surface area is 415 Å². The maximum absolute atomic E-state index is 9.19. The van der Waals surface area contributed by atoms with E-state index in [0.717, 1.165) is 38.9 Å². The van der Waals surface area contributed by atoms with Crippen LogP contribution in [0, 0.1) is 11.3 Å². The van der Waals surface area contributed by atoms with Crippen molar-refractivity contribution in [2.45, 2.75) is 98.9 Å². The van der Waals surface area contributed by atoms with Crippen LogP contribution in [0.3, 0.4) is 0 Å². The summed E-state index contributed by atoms with van der Waals surface area (Å²) in [6.45, 7) is 11.3. The molecule has 0 aliphatic rings. The first-order chi connectivity index (χ1) is 34.3. The SMILES string of the molecule is CC(C)N(C(C)C)P(OCCCC#N)OCc1cc(OCc2cc(OCc3ccccc3)cc(OCc3ccccc3)c2)cc(OCc2cc(OCc3ccccc3)cc(OCc3ccccc3)c2)c1. The maximum Gasteiger partial charge on any atom is 0.259 e. The third kappa shape index (κ3) is 17.0. The summed E-state index contributed by atoms with van der Waals surface area (Å²) in [6, 6.07) is 60.5. The zero-order valence-electron chi connectivity index (χ0n) is 40.6. The number of ether oxygens (including phenoxy) is 6. The Hall–Kier alpha value is -6.86. The van der Waals surface area contributed by atoms with Gasteiger partial charge in [-0.1, -0.05) is 121 Å². The van der Waals surface area contributed by atoms with Gasteiger partial charge in [0, 0.05) is 36.7 Å². The highest BCUT2D eigenvalue weighted by Crippen LogP contribution is 2.47. The molecule has 0 N–H and O–H groups in total. The average Bonchev–Trinajstić information content (AvgIpc) is 3.38. The van der Waals surface area contributed by atoms with Crippen molar-refractivity contribution in [3.63, 3.8) is 0 Å². The van der Waals surface area contributed by atoms with Gasteiger partial charge in [0.05, 0.1) is 19.3 Å². The minimum atomic E-state index is -1.46. The number of rotatable bonds is 28. The van der Waals surface area contributed by atoms with Gasteiger partial charge in [-0.05, 0) is 109 Å². The van der Waals surface area contributed by atoms with Crippen LogP contribution in [-0.2, 0) is 55.3 Å². The lowest BCUT2D eigenvalue weighted by Crippen LogP contribution is -2.33. The largest absolute Gasteiger partial charge is 0.489 e. The number of benzene rings is 7. The van der Waals surface area contributed by atoms with Crippen LogP contribution in [0.1, 0.15) is 79.5 Å². The molecule has 362 valence electrons. The molecule has 1 atom stereocenters. The van der Waals surface area contributed by atoms with Crippen LogP contribution in [0.25, 0.3) is 0 Å². The average molecular weight is 959 g/mol. The molecule has 70 heavy (non-hydrogen) atoms. The lowest BCUT2D eigenvalue weighted by molar-refractivity contribution is 0.168. The molecule has 10 nitrogen and oxygen atoms in total. The molecule has 7 aromatic rings. The Morgan fingerprint density at radius 3 is 0.957 bits per heavy atom. The zero-order chi connectivity index (χ0) is 48.8. The molecule has 0 fully saturated rings. The smallest absolute Gasteiger partial charge is 0.259 e. The Balaban J connectivity index is 1.14. The fourth-order valence-corrected chi connectivity index (χ4v) is 9.15. The first kappa shape index (κ1) is 51.0. The van der Waals surface area contributed by atoms with E-state index < -0.39 is 8.53 Å². The van der Waals surface area contributed by atoms with Gasteiger partial charge < -0.3 is 37.5 Å². The van der Waals surface area contributed by atoms with Gasteiger partial charge in [-0.15, -0.1) is 0 Å². The van der Waals surface area contributed by atoms with Gasteiger partial charge in [0.2, 0.25) is 0 Å². The van der Waals surface area contributed by atoms with Crippen molar-refractivity contribution in [1.82, 2.24) is 4.67 Å². The normalized spacial score (nSPS) is 11.6. The molecular weight excluding hydrogens is 896 g/mol. The van der Waals surface area contributed by atoms with Crippen LogP contribution in [0.5, 0.6) is 34.5 Å². The predicted molar refractivity (Wildman–Crippen MR) is 276 cm³/mol. The van der Waals surface area contributed by atoms with E-state index in [1.165, 1.54) is 0 Å². The summed E-state index contributed by atoms with van der Waals surface area (Å²) >= 11 is 0. The molecule has 0 aromatic heterocycles. The Bertz CT molecular complexity index is 2380. The van der Waals surface area contributed by atoms with Gasteiger partial charge >= 0.3 is 0 Å². The van der Waals surface area contributed by atoms with E-state index in [0.29, 0.717) is 80.4 Å². The van der Waals surface area contributed by atoms with E-state index in [9.17, 15) is 5.26 Å². The molecule has 1 unspecified atom stereocenters. The second-order valence-electron chi connectivity index (χ2n) is 17.3. The number of hydrogen-bond acceptors (Lipinski definition) is 10. The van der Waals surface area contributed by atoms with Crippen molar-refractivity contribution < 1.29 is 37.5 Å². The molecule has 0 amide bonds. The summed E-state index contributed by atoms with van der Waals surface area (Å²) in [4.78, 5) is 0. The fraction of sp³-hybridized carbons (Fsp3) is 0.271. The van der Waals surface area contributed by atoms with E-state index in [4.69, 9.17) is 37.5 Å². The van der Waals surface area contributed by atoms with Crippen LogP contribution < -0.4 is 28.4 Å². The molecule has 7 aromatic carbocycles. The van der Waals surface area contributed by atoms with E-state index in [1.54, 1.807) is 0 Å². The maximum atomic E-state index is 9.19. The summed E-state index contributed by atoms with van der Waals surface area (Å²) in [7, 11) is -1.46. The fourth-order valence-electron chi connectivity index (χ4n) is 7.51. The monoisotopic (exact) mass is 958 g/mol. The molecule has 7 rings (SSSR count). The topological polar surface area (TPSA) is 101 Å². The van der Waals surface area contributed by atoms with Crippen molar-refractivity contribution in [2.24, 2.45) is 0 Å². The molecule has 11 heteroatoms. The van der Waals surface area contributed by atoms with Crippen molar-refractivity contribution in [3.8, 4) is 40.6 Å². The molecule has 0 radical (unpaired) electrons. The highest BCUT2D eigenvalue weighted by Gasteiger charge is 2.27. The third-order valence-corrected chi connectivity index (χ3v) is 12.9. The first-order valence-corrected chi connectivity index (χ1v) is 24.9. The van der Waals surface area contributed by atoms with E-state index in [1.807, 2.05) is 176 Å². The minimum Gasteiger partial charge on any atom is -0.489 e. The van der Waals surface area contributed by atoms with Crippen LogP contribution in [0.2, 0.25) is 0 Å². The lowest BCUT2D eigenvalue weighted by Gasteiger charge is -2.35. The number of unbranched alkanes of at least 4 members (excludes halogenated alkanes) is 1. The van der Waals surface area contributed by atoms with Crippen LogP contribution in [-0.4, -0.2) is 23.4 Å². The highest BCUT2D eigenvalue weighted by atomic mass is 31.2. The van der Waals surface area contributed by atoms with E-state index in [2.05, 4.69) is 38.4 Å². The van der Waals surface area contributed by atoms with Crippen molar-refractivity contribution in [3.05, 3.63) is 215 Å². The number of nitriles is 1. The summed E-state index contributed by atoms with van der Waals surface area (Å²) < 4.78 is 53.7. The van der Waals surface area contributed by atoms with Gasteiger partial charge in [0.25, 0.3) is 8.53 Å². The van der Waals surface area contributed by atoms with Gasteiger partial charge in [-0.3, -0.25) is 0 Å². The zero-order valence-corrected chi connectivity index (χ0v) is 41.5. The molecular formula is C59H63N2O8P. The molecule has 0 spiro atoms. The molecule has 0 saturated heterocycles. The Morgan fingerprint density at radius 2 is 0.671 bits per heavy atom. The summed E-state index contributed by atoms with van der Waals surface area (Å²) in [6.07, 6.45) is 1.04. The quantitative estimate of drug-likeness (QED) is 0.0348. The lowest BCUT2D eigenvalue weighted by atomic mass is 10.2. The second kappa shape index (κ2) is 27.4. The molecule has 0 heterocycles. The molecule has 0 saturated carbocycles. The Kier molecular flexibility index (Phi) is 19.9. The second-order valence-corrected chi connectivity index (χ2v) is 18.7. The molecule has 0 bridgehead atoms. The summed E-state index contributed by atoms with van der Waals surface area (Å²) in [5.74, 6) is 3.87. The van der Waals surface area contributed by atoms with Gasteiger partial charge in [0.1, 0.15) is 74.1 Å². The predicted octanol–water partition coefficient (Wildman–Crippen LogP) is 14.3. The van der Waals surface area contributed by atoms with E-state index >= 15 is 0 Å². The molecule has 0 aliphatic heterocycles. The first-order valence-electron chi connectivity index (χ1n) is 23.8. The summed E-state index contributed by atoms with van der Waals surface area (Å²) in [5, 5.41) is 9.19. The van der Waals surface area contributed by atoms with Crippen LogP contribution in [0.4, 0.5) is 0 Å². The van der Waals surface area contributed by atoms with Crippen LogP contribution in [0.15, 0.2) is 176 Å². The third-order valence-electron chi connectivity index (χ3n) is 10.8. The molecule has 0 aliphatic carbocycles. The number of hydrogen-bond donors (Lipinski definition) is 0. The van der Waals surface area contributed by atoms with Gasteiger partial charge in [0.15, 0.2) is 0 Å². The highest BCUT2D eigenvalue weighted by molar-refractivity contribution is 7.44. The van der Waals surface area contributed by atoms with Crippen molar-refractivity contribution >= 4 is 8.53 Å². The van der Waals surface area contributed by atoms with Gasteiger partial charge in [-0.2, -0.15) is 5.26 Å². The Morgan fingerprint density at radius 1 is 0.386 bits per heavy atom. The standard InChI is InChI=1S/C59H63N2O8P/c1-45(2)61(46(3)4)70(68-28-18-17-27-60)69-44-53-33-58(66-42-51-29-54(62-38-47-19-9-5-10-20-47)35-55(30-51)63-39-48-21-11-6-12-22-48)37-59(34-53)67-43-52-31-56(64-40-49-23-13-7-14-24-49)36-57(32-52)65-41-50-25-15-8-16-26-50/h5-16,19-26,29-37,45-46H,17-18,28,38-44H2,1-4H3. The summed E-state index contributed by atoms with van der Waals surface area (Å²) in [5.41, 5.74) is 6.82. The number of nitrogens with zero attached hydrogens (tertiary/aromatic N) is 2. The van der Waals surface area contributed by atoms with E-state index in [-0.39, 0.29) is 31.9 Å².